The first-order valence-electron chi connectivity index (χ1n) is 8.03. The highest BCUT2D eigenvalue weighted by molar-refractivity contribution is 6.08. The van der Waals surface area contributed by atoms with Gasteiger partial charge in [-0.2, -0.15) is 0 Å². The molecule has 4 nitrogen and oxygen atoms in total. The molecule has 0 bridgehead atoms. The van der Waals surface area contributed by atoms with Gasteiger partial charge < -0.3 is 10.0 Å². The highest BCUT2D eigenvalue weighted by atomic mass is 19.1. The monoisotopic (exact) mass is 339 g/mol. The first-order valence-corrected chi connectivity index (χ1v) is 8.03. The predicted octanol–water partition coefficient (Wildman–Crippen LogP) is 3.35. The lowest BCUT2D eigenvalue weighted by atomic mass is 9.96. The second-order valence-electron chi connectivity index (χ2n) is 6.01. The number of carbonyl (C=O) groups is 2. The molecule has 25 heavy (non-hydrogen) atoms. The number of rotatable bonds is 5. The molecule has 0 saturated heterocycles. The fourth-order valence-electron chi connectivity index (χ4n) is 3.16. The van der Waals surface area contributed by atoms with Gasteiger partial charge in [0.05, 0.1) is 11.6 Å². The average Bonchev–Trinajstić information content (AvgIpc) is 2.85. The van der Waals surface area contributed by atoms with Crippen LogP contribution in [0.1, 0.15) is 24.1 Å². The third-order valence-corrected chi connectivity index (χ3v) is 4.33. The van der Waals surface area contributed by atoms with Gasteiger partial charge in [0.2, 0.25) is 0 Å². The van der Waals surface area contributed by atoms with Gasteiger partial charge in [0.25, 0.3) is 5.91 Å². The quantitative estimate of drug-likeness (QED) is 0.909. The van der Waals surface area contributed by atoms with Crippen molar-refractivity contribution in [1.82, 2.24) is 4.90 Å². The molecule has 1 heterocycles. The maximum Gasteiger partial charge on any atom is 0.290 e. The van der Waals surface area contributed by atoms with Crippen molar-refractivity contribution in [3.63, 3.8) is 0 Å². The fourth-order valence-corrected chi connectivity index (χ4v) is 3.16. The number of amides is 1. The predicted molar refractivity (Wildman–Crippen MR) is 91.3 cm³/mol. The van der Waals surface area contributed by atoms with Crippen molar-refractivity contribution >= 4 is 11.7 Å². The minimum atomic E-state index is -0.774. The van der Waals surface area contributed by atoms with Crippen LogP contribution in [-0.2, 0) is 16.0 Å². The van der Waals surface area contributed by atoms with Gasteiger partial charge in [-0.3, -0.25) is 9.59 Å². The SMILES string of the molecule is CC(=O)C1=C(O)C(=O)N(CCc2ccccc2)C1c1cccc(F)c1. The van der Waals surface area contributed by atoms with E-state index in [4.69, 9.17) is 0 Å². The molecule has 0 aromatic heterocycles. The summed E-state index contributed by atoms with van der Waals surface area (Å²) in [5.74, 6) is -2.00. The van der Waals surface area contributed by atoms with Gasteiger partial charge in [0.1, 0.15) is 5.82 Å². The van der Waals surface area contributed by atoms with E-state index < -0.39 is 29.3 Å². The molecule has 0 spiro atoms. The van der Waals surface area contributed by atoms with E-state index in [9.17, 15) is 19.1 Å². The third kappa shape index (κ3) is 3.31. The molecule has 1 aliphatic heterocycles. The van der Waals surface area contributed by atoms with E-state index in [0.717, 1.165) is 5.56 Å². The minimum Gasteiger partial charge on any atom is -0.503 e. The number of ketones is 1. The van der Waals surface area contributed by atoms with Gasteiger partial charge in [0, 0.05) is 6.54 Å². The van der Waals surface area contributed by atoms with Crippen molar-refractivity contribution in [3.05, 3.63) is 82.9 Å². The summed E-state index contributed by atoms with van der Waals surface area (Å²) in [7, 11) is 0. The molecule has 1 aliphatic rings. The van der Waals surface area contributed by atoms with Crippen molar-refractivity contribution in [2.24, 2.45) is 0 Å². The third-order valence-electron chi connectivity index (χ3n) is 4.33. The standard InChI is InChI=1S/C20H18FNO3/c1-13(23)17-18(15-8-5-9-16(21)12-15)22(20(25)19(17)24)11-10-14-6-3-2-4-7-14/h2-9,12,18,24H,10-11H2,1H3. The smallest absolute Gasteiger partial charge is 0.290 e. The highest BCUT2D eigenvalue weighted by Gasteiger charge is 2.42. The summed E-state index contributed by atoms with van der Waals surface area (Å²) in [6, 6.07) is 14.6. The second kappa shape index (κ2) is 6.89. The maximum atomic E-state index is 13.7. The van der Waals surface area contributed by atoms with Gasteiger partial charge in [-0.1, -0.05) is 42.5 Å². The van der Waals surface area contributed by atoms with Crippen LogP contribution in [0.2, 0.25) is 0 Å². The van der Waals surface area contributed by atoms with Gasteiger partial charge in [0.15, 0.2) is 11.5 Å². The summed E-state index contributed by atoms with van der Waals surface area (Å²) in [5.41, 5.74) is 1.52. The number of benzene rings is 2. The van der Waals surface area contributed by atoms with Crippen LogP contribution in [0, 0.1) is 5.82 Å². The normalized spacial score (nSPS) is 17.3. The van der Waals surface area contributed by atoms with Crippen molar-refractivity contribution in [3.8, 4) is 0 Å². The number of nitrogens with zero attached hydrogens (tertiary/aromatic N) is 1. The Hall–Kier alpha value is -2.95. The lowest BCUT2D eigenvalue weighted by molar-refractivity contribution is -0.129. The van der Waals surface area contributed by atoms with Gasteiger partial charge in [-0.05, 0) is 36.6 Å². The molecule has 1 amide bonds. The molecule has 2 aromatic carbocycles. The Bertz CT molecular complexity index is 845. The van der Waals surface area contributed by atoms with Crippen LogP contribution in [0.5, 0.6) is 0 Å². The summed E-state index contributed by atoms with van der Waals surface area (Å²) in [6.07, 6.45) is 0.566. The molecule has 0 aliphatic carbocycles. The lowest BCUT2D eigenvalue weighted by Crippen LogP contribution is -2.33. The van der Waals surface area contributed by atoms with E-state index in [1.165, 1.54) is 30.0 Å². The summed E-state index contributed by atoms with van der Waals surface area (Å²) in [4.78, 5) is 25.9. The zero-order chi connectivity index (χ0) is 18.0. The molecule has 128 valence electrons. The molecule has 1 N–H and O–H groups in total. The Kier molecular flexibility index (Phi) is 4.65. The molecule has 2 aromatic rings. The van der Waals surface area contributed by atoms with Crippen molar-refractivity contribution < 1.29 is 19.1 Å². The van der Waals surface area contributed by atoms with Crippen molar-refractivity contribution in [2.45, 2.75) is 19.4 Å². The number of aliphatic hydroxyl groups is 1. The molecule has 0 saturated carbocycles. The number of hydrogen-bond donors (Lipinski definition) is 1. The number of aliphatic hydroxyl groups excluding tert-OH is 1. The highest BCUT2D eigenvalue weighted by Crippen LogP contribution is 2.37. The fraction of sp³-hybridized carbons (Fsp3) is 0.200. The molecule has 5 heteroatoms. The number of carbonyl (C=O) groups excluding carboxylic acids is 2. The Labute approximate surface area is 145 Å². The molecule has 0 fully saturated rings. The Balaban J connectivity index is 1.95. The number of halogens is 1. The summed E-state index contributed by atoms with van der Waals surface area (Å²) < 4.78 is 13.7. The van der Waals surface area contributed by atoms with Crippen LogP contribution in [0.3, 0.4) is 0 Å². The van der Waals surface area contributed by atoms with E-state index in [-0.39, 0.29) is 5.57 Å². The molecular weight excluding hydrogens is 321 g/mol. The Morgan fingerprint density at radius 2 is 1.88 bits per heavy atom. The van der Waals surface area contributed by atoms with Crippen LogP contribution in [0.15, 0.2) is 65.9 Å². The Morgan fingerprint density at radius 3 is 2.52 bits per heavy atom. The Morgan fingerprint density at radius 1 is 1.16 bits per heavy atom. The van der Waals surface area contributed by atoms with E-state index >= 15 is 0 Å². The molecule has 3 rings (SSSR count). The first-order chi connectivity index (χ1) is 12.0. The van der Waals surface area contributed by atoms with Crippen LogP contribution < -0.4 is 0 Å². The summed E-state index contributed by atoms with van der Waals surface area (Å²) >= 11 is 0. The van der Waals surface area contributed by atoms with E-state index in [2.05, 4.69) is 0 Å². The zero-order valence-corrected chi connectivity index (χ0v) is 13.8. The van der Waals surface area contributed by atoms with Crippen molar-refractivity contribution in [1.29, 1.82) is 0 Å². The largest absolute Gasteiger partial charge is 0.503 e. The number of hydrogen-bond acceptors (Lipinski definition) is 3. The zero-order valence-electron chi connectivity index (χ0n) is 13.8. The van der Waals surface area contributed by atoms with Crippen LogP contribution >= 0.6 is 0 Å². The van der Waals surface area contributed by atoms with Gasteiger partial charge in [-0.25, -0.2) is 4.39 Å². The van der Waals surface area contributed by atoms with E-state index in [0.29, 0.717) is 18.5 Å². The molecular formula is C20H18FNO3. The van der Waals surface area contributed by atoms with Crippen LogP contribution in [0.25, 0.3) is 0 Å². The van der Waals surface area contributed by atoms with Crippen molar-refractivity contribution in [2.75, 3.05) is 6.54 Å². The molecule has 1 unspecified atom stereocenters. The summed E-state index contributed by atoms with van der Waals surface area (Å²) in [5, 5.41) is 10.2. The first kappa shape index (κ1) is 16.9. The maximum absolute atomic E-state index is 13.7. The lowest BCUT2D eigenvalue weighted by Gasteiger charge is -2.26. The number of Topliss-reactive ketones (excluding diaryl/α,β-unsaturated/α-hetero) is 1. The van der Waals surface area contributed by atoms with Gasteiger partial charge >= 0.3 is 0 Å². The van der Waals surface area contributed by atoms with Crippen LogP contribution in [0.4, 0.5) is 4.39 Å². The topological polar surface area (TPSA) is 57.6 Å². The average molecular weight is 339 g/mol. The van der Waals surface area contributed by atoms with Gasteiger partial charge in [-0.15, -0.1) is 0 Å². The molecule has 0 radical (unpaired) electrons. The van der Waals surface area contributed by atoms with E-state index in [1.54, 1.807) is 6.07 Å². The summed E-state index contributed by atoms with van der Waals surface area (Å²) in [6.45, 7) is 1.61. The van der Waals surface area contributed by atoms with Crippen LogP contribution in [-0.4, -0.2) is 28.2 Å². The minimum absolute atomic E-state index is 0.0173. The van der Waals surface area contributed by atoms with E-state index in [1.807, 2.05) is 30.3 Å². The second-order valence-corrected chi connectivity index (χ2v) is 6.01. The molecule has 1 atom stereocenters.